The quantitative estimate of drug-likeness (QED) is 0.651. The molecule has 5 nitrogen and oxygen atoms in total. The highest BCUT2D eigenvalue weighted by Crippen LogP contribution is 2.25. The van der Waals surface area contributed by atoms with Gasteiger partial charge in [0.2, 0.25) is 0 Å². The first-order valence-electron chi connectivity index (χ1n) is 5.60. The minimum Gasteiger partial charge on any atom is -0.444 e. The Hall–Kier alpha value is -0.810. The van der Waals surface area contributed by atoms with E-state index in [4.69, 9.17) is 9.84 Å². The summed E-state index contributed by atoms with van der Waals surface area (Å²) in [5.41, 5.74) is -0.538. The van der Waals surface area contributed by atoms with Crippen LogP contribution in [0, 0.1) is 5.92 Å². The molecule has 0 unspecified atom stereocenters. The van der Waals surface area contributed by atoms with E-state index < -0.39 is 17.8 Å². The van der Waals surface area contributed by atoms with Crippen LogP contribution in [0.2, 0.25) is 0 Å². The van der Waals surface area contributed by atoms with E-state index >= 15 is 0 Å². The fourth-order valence-corrected chi connectivity index (χ4v) is 1.88. The SMILES string of the molecule is CC(C)(C)OC(=O)N[C@@H]1C[C@@H](CO)C[C@H]1O. The summed E-state index contributed by atoms with van der Waals surface area (Å²) >= 11 is 0. The number of rotatable bonds is 2. The molecule has 1 fully saturated rings. The molecule has 94 valence electrons. The van der Waals surface area contributed by atoms with Crippen molar-refractivity contribution in [3.63, 3.8) is 0 Å². The van der Waals surface area contributed by atoms with Crippen LogP contribution < -0.4 is 5.32 Å². The first-order valence-corrected chi connectivity index (χ1v) is 5.60. The average Bonchev–Trinajstić information content (AvgIpc) is 2.44. The number of aliphatic hydroxyl groups is 2. The Balaban J connectivity index is 2.40. The van der Waals surface area contributed by atoms with Gasteiger partial charge in [0.15, 0.2) is 0 Å². The van der Waals surface area contributed by atoms with Gasteiger partial charge < -0.3 is 20.3 Å². The lowest BCUT2D eigenvalue weighted by molar-refractivity contribution is 0.0450. The molecule has 0 radical (unpaired) electrons. The molecule has 0 bridgehead atoms. The highest BCUT2D eigenvalue weighted by Gasteiger charge is 2.34. The molecular formula is C11H21NO4. The molecule has 1 aliphatic rings. The lowest BCUT2D eigenvalue weighted by Crippen LogP contribution is -2.42. The van der Waals surface area contributed by atoms with Crippen molar-refractivity contribution < 1.29 is 19.7 Å². The minimum absolute atomic E-state index is 0.0452. The Kier molecular flexibility index (Phi) is 4.15. The van der Waals surface area contributed by atoms with Crippen LogP contribution in [0.4, 0.5) is 4.79 Å². The number of aliphatic hydroxyl groups excluding tert-OH is 2. The molecule has 1 amide bonds. The summed E-state index contributed by atoms with van der Waals surface area (Å²) in [5, 5.41) is 21.3. The zero-order valence-electron chi connectivity index (χ0n) is 10.1. The number of hydrogen-bond donors (Lipinski definition) is 3. The van der Waals surface area contributed by atoms with Crippen molar-refractivity contribution >= 4 is 6.09 Å². The van der Waals surface area contributed by atoms with Crippen LogP contribution in [-0.2, 0) is 4.74 Å². The van der Waals surface area contributed by atoms with Crippen molar-refractivity contribution in [2.24, 2.45) is 5.92 Å². The standard InChI is InChI=1S/C11H21NO4/c1-11(2,3)16-10(15)12-8-4-7(6-13)5-9(8)14/h7-9,13-14H,4-6H2,1-3H3,(H,12,15)/t7-,8-,9-/m1/s1. The minimum atomic E-state index is -0.593. The lowest BCUT2D eigenvalue weighted by atomic mass is 10.1. The van der Waals surface area contributed by atoms with E-state index in [1.165, 1.54) is 0 Å². The predicted molar refractivity (Wildman–Crippen MR) is 59.0 cm³/mol. The molecule has 1 rings (SSSR count). The van der Waals surface area contributed by atoms with Gasteiger partial charge in [0, 0.05) is 6.61 Å². The Morgan fingerprint density at radius 3 is 2.50 bits per heavy atom. The number of hydrogen-bond acceptors (Lipinski definition) is 4. The van der Waals surface area contributed by atoms with E-state index in [0.717, 1.165) is 0 Å². The van der Waals surface area contributed by atoms with Gasteiger partial charge in [0.25, 0.3) is 0 Å². The molecule has 16 heavy (non-hydrogen) atoms. The van der Waals surface area contributed by atoms with E-state index in [1.54, 1.807) is 20.8 Å². The third kappa shape index (κ3) is 3.98. The van der Waals surface area contributed by atoms with Crippen molar-refractivity contribution in [1.82, 2.24) is 5.32 Å². The van der Waals surface area contributed by atoms with E-state index in [-0.39, 0.29) is 18.6 Å². The molecule has 0 aromatic rings. The van der Waals surface area contributed by atoms with Crippen LogP contribution in [-0.4, -0.2) is 40.7 Å². The van der Waals surface area contributed by atoms with Crippen molar-refractivity contribution in [2.45, 2.75) is 51.4 Å². The van der Waals surface area contributed by atoms with Gasteiger partial charge in [-0.1, -0.05) is 0 Å². The van der Waals surface area contributed by atoms with Crippen molar-refractivity contribution in [3.05, 3.63) is 0 Å². The van der Waals surface area contributed by atoms with Gasteiger partial charge in [-0.2, -0.15) is 0 Å². The summed E-state index contributed by atoms with van der Waals surface area (Å²) in [5.74, 6) is 0.0648. The number of ether oxygens (including phenoxy) is 1. The van der Waals surface area contributed by atoms with Crippen LogP contribution in [0.25, 0.3) is 0 Å². The van der Waals surface area contributed by atoms with Crippen molar-refractivity contribution in [1.29, 1.82) is 0 Å². The van der Waals surface area contributed by atoms with Gasteiger partial charge in [-0.25, -0.2) is 4.79 Å². The molecular weight excluding hydrogens is 210 g/mol. The molecule has 5 heteroatoms. The maximum Gasteiger partial charge on any atom is 0.407 e. The van der Waals surface area contributed by atoms with E-state index in [0.29, 0.717) is 12.8 Å². The molecule has 3 N–H and O–H groups in total. The van der Waals surface area contributed by atoms with Gasteiger partial charge in [-0.05, 0) is 39.5 Å². The van der Waals surface area contributed by atoms with Crippen LogP contribution in [0.3, 0.4) is 0 Å². The maximum atomic E-state index is 11.4. The first kappa shape index (κ1) is 13.3. The summed E-state index contributed by atoms with van der Waals surface area (Å²) in [6.45, 7) is 5.40. The van der Waals surface area contributed by atoms with Gasteiger partial charge in [0.05, 0.1) is 12.1 Å². The zero-order chi connectivity index (χ0) is 12.3. The molecule has 0 aliphatic heterocycles. The molecule has 0 aromatic heterocycles. The summed E-state index contributed by atoms with van der Waals surface area (Å²) in [7, 11) is 0. The second kappa shape index (κ2) is 5.01. The summed E-state index contributed by atoms with van der Waals surface area (Å²) in [4.78, 5) is 11.4. The molecule has 0 spiro atoms. The van der Waals surface area contributed by atoms with Gasteiger partial charge in [-0.15, -0.1) is 0 Å². The van der Waals surface area contributed by atoms with Crippen LogP contribution in [0.5, 0.6) is 0 Å². The molecule has 0 aromatic carbocycles. The third-order valence-corrected chi connectivity index (χ3v) is 2.59. The van der Waals surface area contributed by atoms with Crippen molar-refractivity contribution in [2.75, 3.05) is 6.61 Å². The molecule has 1 aliphatic carbocycles. The number of carbonyl (C=O) groups is 1. The van der Waals surface area contributed by atoms with E-state index in [1.807, 2.05) is 0 Å². The van der Waals surface area contributed by atoms with E-state index in [9.17, 15) is 9.90 Å². The monoisotopic (exact) mass is 231 g/mol. The van der Waals surface area contributed by atoms with Gasteiger partial charge in [-0.3, -0.25) is 0 Å². The normalized spacial score (nSPS) is 30.2. The number of alkyl carbamates (subject to hydrolysis) is 1. The fraction of sp³-hybridized carbons (Fsp3) is 0.909. The molecule has 1 saturated carbocycles. The first-order chi connectivity index (χ1) is 7.31. The molecule has 3 atom stereocenters. The largest absolute Gasteiger partial charge is 0.444 e. The fourth-order valence-electron chi connectivity index (χ4n) is 1.88. The number of nitrogens with one attached hydrogen (secondary N) is 1. The predicted octanol–water partition coefficient (Wildman–Crippen LogP) is 0.643. The maximum absolute atomic E-state index is 11.4. The van der Waals surface area contributed by atoms with Crippen LogP contribution >= 0.6 is 0 Å². The highest BCUT2D eigenvalue weighted by molar-refractivity contribution is 5.68. The van der Waals surface area contributed by atoms with Gasteiger partial charge >= 0.3 is 6.09 Å². The highest BCUT2D eigenvalue weighted by atomic mass is 16.6. The second-order valence-electron chi connectivity index (χ2n) is 5.34. The van der Waals surface area contributed by atoms with Gasteiger partial charge in [0.1, 0.15) is 5.60 Å². The average molecular weight is 231 g/mol. The number of amides is 1. The Bertz CT molecular complexity index is 249. The zero-order valence-corrected chi connectivity index (χ0v) is 10.1. The Morgan fingerprint density at radius 1 is 1.44 bits per heavy atom. The summed E-state index contributed by atoms with van der Waals surface area (Å²) < 4.78 is 5.09. The lowest BCUT2D eigenvalue weighted by Gasteiger charge is -2.22. The number of carbonyl (C=O) groups excluding carboxylic acids is 1. The smallest absolute Gasteiger partial charge is 0.407 e. The van der Waals surface area contributed by atoms with Crippen LogP contribution in [0.15, 0.2) is 0 Å². The topological polar surface area (TPSA) is 78.8 Å². The summed E-state index contributed by atoms with van der Waals surface area (Å²) in [6, 6.07) is -0.313. The van der Waals surface area contributed by atoms with Crippen LogP contribution in [0.1, 0.15) is 33.6 Å². The third-order valence-electron chi connectivity index (χ3n) is 2.59. The second-order valence-corrected chi connectivity index (χ2v) is 5.34. The molecule has 0 heterocycles. The van der Waals surface area contributed by atoms with E-state index in [2.05, 4.69) is 5.32 Å². The molecule has 0 saturated heterocycles. The summed E-state index contributed by atoms with van der Waals surface area (Å²) in [6.07, 6.45) is 0.00763. The van der Waals surface area contributed by atoms with Crippen molar-refractivity contribution in [3.8, 4) is 0 Å². The Labute approximate surface area is 95.8 Å². The Morgan fingerprint density at radius 2 is 2.06 bits per heavy atom.